The molecule has 1 N–H and O–H groups in total. The van der Waals surface area contributed by atoms with Crippen LogP contribution < -0.4 is 5.32 Å². The summed E-state index contributed by atoms with van der Waals surface area (Å²) in [6, 6.07) is 0.921. The van der Waals surface area contributed by atoms with E-state index in [0.717, 1.165) is 19.6 Å². The number of hydrogen-bond acceptors (Lipinski definition) is 3. The van der Waals surface area contributed by atoms with E-state index in [-0.39, 0.29) is 0 Å². The summed E-state index contributed by atoms with van der Waals surface area (Å²) < 4.78 is 10.2. The summed E-state index contributed by atoms with van der Waals surface area (Å²) in [5, 5.41) is 3.55. The van der Waals surface area contributed by atoms with Crippen LogP contribution in [0.4, 0.5) is 0 Å². The number of rotatable bonds is 8. The Labute approximate surface area is 88.2 Å². The van der Waals surface area contributed by atoms with Gasteiger partial charge in [0.05, 0.1) is 6.61 Å². The van der Waals surface area contributed by atoms with Gasteiger partial charge in [0.15, 0.2) is 0 Å². The maximum atomic E-state index is 5.09. The third-order valence-electron chi connectivity index (χ3n) is 2.35. The number of ether oxygens (including phenoxy) is 2. The monoisotopic (exact) mass is 203 g/mol. The Bertz CT molecular complexity index is 128. The van der Waals surface area contributed by atoms with Crippen molar-refractivity contribution in [3.05, 3.63) is 0 Å². The van der Waals surface area contributed by atoms with E-state index in [9.17, 15) is 0 Å². The summed E-state index contributed by atoms with van der Waals surface area (Å²) in [5.74, 6) is 0.629. The largest absolute Gasteiger partial charge is 0.385 e. The van der Waals surface area contributed by atoms with E-state index in [4.69, 9.17) is 9.47 Å². The predicted octanol–water partition coefficient (Wildman–Crippen LogP) is 1.67. The van der Waals surface area contributed by atoms with Crippen LogP contribution in [0.3, 0.4) is 0 Å². The predicted molar refractivity (Wildman–Crippen MR) is 59.6 cm³/mol. The van der Waals surface area contributed by atoms with E-state index >= 15 is 0 Å². The van der Waals surface area contributed by atoms with Gasteiger partial charge < -0.3 is 14.8 Å². The minimum Gasteiger partial charge on any atom is -0.385 e. The second-order valence-electron chi connectivity index (χ2n) is 4.16. The average Bonchev–Trinajstić information content (AvgIpc) is 2.12. The van der Waals surface area contributed by atoms with Crippen LogP contribution in [0.25, 0.3) is 0 Å². The zero-order chi connectivity index (χ0) is 11.0. The first-order valence-corrected chi connectivity index (χ1v) is 5.35. The van der Waals surface area contributed by atoms with E-state index in [0.29, 0.717) is 18.0 Å². The molecule has 0 aliphatic heterocycles. The van der Waals surface area contributed by atoms with Gasteiger partial charge in [0.2, 0.25) is 0 Å². The fourth-order valence-corrected chi connectivity index (χ4v) is 1.52. The summed E-state index contributed by atoms with van der Waals surface area (Å²) in [4.78, 5) is 0. The fourth-order valence-electron chi connectivity index (χ4n) is 1.52. The van der Waals surface area contributed by atoms with Gasteiger partial charge in [0.1, 0.15) is 0 Å². The van der Waals surface area contributed by atoms with Gasteiger partial charge in [0, 0.05) is 32.9 Å². The summed E-state index contributed by atoms with van der Waals surface area (Å²) in [7, 11) is 3.48. The van der Waals surface area contributed by atoms with Crippen LogP contribution in [0, 0.1) is 5.92 Å². The lowest BCUT2D eigenvalue weighted by molar-refractivity contribution is 0.143. The molecule has 0 aliphatic rings. The van der Waals surface area contributed by atoms with Gasteiger partial charge in [-0.1, -0.05) is 13.8 Å². The second kappa shape index (κ2) is 8.21. The van der Waals surface area contributed by atoms with Gasteiger partial charge in [-0.05, 0) is 19.3 Å². The molecule has 0 saturated heterocycles. The van der Waals surface area contributed by atoms with E-state index in [1.54, 1.807) is 14.2 Å². The van der Waals surface area contributed by atoms with Crippen LogP contribution >= 0.6 is 0 Å². The highest BCUT2D eigenvalue weighted by Gasteiger charge is 2.15. The molecule has 0 rings (SSSR count). The molecule has 3 heteroatoms. The summed E-state index contributed by atoms with van der Waals surface area (Å²) in [6.45, 7) is 8.18. The molecule has 0 aliphatic carbocycles. The molecule has 86 valence electrons. The molecule has 3 nitrogen and oxygen atoms in total. The van der Waals surface area contributed by atoms with Crippen LogP contribution in [0.15, 0.2) is 0 Å². The average molecular weight is 203 g/mol. The highest BCUT2D eigenvalue weighted by molar-refractivity contribution is 4.74. The van der Waals surface area contributed by atoms with Crippen molar-refractivity contribution in [3.63, 3.8) is 0 Å². The number of nitrogens with one attached hydrogen (secondary N) is 1. The summed E-state index contributed by atoms with van der Waals surface area (Å²) >= 11 is 0. The minimum atomic E-state index is 0.407. The van der Waals surface area contributed by atoms with Crippen molar-refractivity contribution in [2.75, 3.05) is 27.4 Å². The van der Waals surface area contributed by atoms with Crippen LogP contribution in [0.2, 0.25) is 0 Å². The highest BCUT2D eigenvalue weighted by atomic mass is 16.5. The van der Waals surface area contributed by atoms with Crippen molar-refractivity contribution < 1.29 is 9.47 Å². The Morgan fingerprint density at radius 2 is 1.71 bits per heavy atom. The molecule has 0 bridgehead atoms. The lowest BCUT2D eigenvalue weighted by Crippen LogP contribution is -2.42. The SMILES string of the molecule is COCCC(NC(C)COC)C(C)C. The molecular formula is C11H25NO2. The maximum Gasteiger partial charge on any atom is 0.0613 e. The lowest BCUT2D eigenvalue weighted by atomic mass is 10.0. The van der Waals surface area contributed by atoms with Crippen LogP contribution in [0.1, 0.15) is 27.2 Å². The van der Waals surface area contributed by atoms with E-state index in [2.05, 4.69) is 26.1 Å². The molecule has 0 amide bonds. The van der Waals surface area contributed by atoms with Gasteiger partial charge in [0.25, 0.3) is 0 Å². The summed E-state index contributed by atoms with van der Waals surface area (Å²) in [6.07, 6.45) is 1.06. The summed E-state index contributed by atoms with van der Waals surface area (Å²) in [5.41, 5.74) is 0. The molecule has 0 aromatic heterocycles. The van der Waals surface area contributed by atoms with Crippen molar-refractivity contribution >= 4 is 0 Å². The second-order valence-corrected chi connectivity index (χ2v) is 4.16. The van der Waals surface area contributed by atoms with Crippen molar-refractivity contribution in [3.8, 4) is 0 Å². The zero-order valence-corrected chi connectivity index (χ0v) is 10.2. The van der Waals surface area contributed by atoms with Crippen molar-refractivity contribution in [1.82, 2.24) is 5.32 Å². The molecule has 0 heterocycles. The van der Waals surface area contributed by atoms with E-state index in [1.807, 2.05) is 0 Å². The van der Waals surface area contributed by atoms with Gasteiger partial charge in [-0.3, -0.25) is 0 Å². The first-order chi connectivity index (χ1) is 6.61. The Hall–Kier alpha value is -0.120. The van der Waals surface area contributed by atoms with Crippen LogP contribution in [-0.2, 0) is 9.47 Å². The zero-order valence-electron chi connectivity index (χ0n) is 10.2. The Kier molecular flexibility index (Phi) is 8.14. The van der Waals surface area contributed by atoms with Crippen LogP contribution in [-0.4, -0.2) is 39.5 Å². The first kappa shape index (κ1) is 13.9. The smallest absolute Gasteiger partial charge is 0.0613 e. The van der Waals surface area contributed by atoms with Gasteiger partial charge in [-0.15, -0.1) is 0 Å². The molecule has 0 fully saturated rings. The quantitative estimate of drug-likeness (QED) is 0.651. The molecule has 0 aromatic rings. The third-order valence-corrected chi connectivity index (χ3v) is 2.35. The number of methoxy groups -OCH3 is 2. The Balaban J connectivity index is 3.82. The molecule has 2 unspecified atom stereocenters. The molecular weight excluding hydrogens is 178 g/mol. The molecule has 0 spiro atoms. The molecule has 14 heavy (non-hydrogen) atoms. The van der Waals surface area contributed by atoms with E-state index in [1.165, 1.54) is 0 Å². The Morgan fingerprint density at radius 3 is 2.14 bits per heavy atom. The molecule has 0 radical (unpaired) electrons. The third kappa shape index (κ3) is 6.35. The number of hydrogen-bond donors (Lipinski definition) is 1. The normalized spacial score (nSPS) is 15.9. The first-order valence-electron chi connectivity index (χ1n) is 5.35. The molecule has 0 aromatic carbocycles. The fraction of sp³-hybridized carbons (Fsp3) is 1.00. The van der Waals surface area contributed by atoms with Crippen LogP contribution in [0.5, 0.6) is 0 Å². The van der Waals surface area contributed by atoms with Gasteiger partial charge in [-0.2, -0.15) is 0 Å². The lowest BCUT2D eigenvalue weighted by Gasteiger charge is -2.26. The molecule has 0 saturated carbocycles. The minimum absolute atomic E-state index is 0.407. The van der Waals surface area contributed by atoms with Crippen molar-refractivity contribution in [2.24, 2.45) is 5.92 Å². The van der Waals surface area contributed by atoms with Crippen molar-refractivity contribution in [1.29, 1.82) is 0 Å². The van der Waals surface area contributed by atoms with Gasteiger partial charge in [-0.25, -0.2) is 0 Å². The van der Waals surface area contributed by atoms with E-state index < -0.39 is 0 Å². The maximum absolute atomic E-state index is 5.09. The standard InChI is InChI=1S/C11H25NO2/c1-9(2)11(6-7-13-4)12-10(3)8-14-5/h9-12H,6-8H2,1-5H3. The highest BCUT2D eigenvalue weighted by Crippen LogP contribution is 2.07. The van der Waals surface area contributed by atoms with Gasteiger partial charge >= 0.3 is 0 Å². The molecule has 2 atom stereocenters. The van der Waals surface area contributed by atoms with Crippen molar-refractivity contribution in [2.45, 2.75) is 39.3 Å². The Morgan fingerprint density at radius 1 is 1.07 bits per heavy atom. The topological polar surface area (TPSA) is 30.5 Å².